The molecule has 2 aliphatic rings. The van der Waals surface area contributed by atoms with E-state index in [1.165, 1.54) is 0 Å². The van der Waals surface area contributed by atoms with Crippen LogP contribution in [-0.4, -0.2) is 62.3 Å². The molecule has 0 bridgehead atoms. The van der Waals surface area contributed by atoms with E-state index in [0.717, 1.165) is 35.7 Å². The van der Waals surface area contributed by atoms with Crippen LogP contribution in [0.15, 0.2) is 42.6 Å². The summed E-state index contributed by atoms with van der Waals surface area (Å²) >= 11 is 0. The predicted molar refractivity (Wildman–Crippen MR) is 112 cm³/mol. The summed E-state index contributed by atoms with van der Waals surface area (Å²) in [5.41, 5.74) is 2.82. The summed E-state index contributed by atoms with van der Waals surface area (Å²) in [5, 5.41) is 0. The van der Waals surface area contributed by atoms with E-state index in [2.05, 4.69) is 22.0 Å². The summed E-state index contributed by atoms with van der Waals surface area (Å²) in [6.07, 6.45) is 3.59. The number of benzene rings is 1. The average molecular weight is 396 g/mol. The van der Waals surface area contributed by atoms with Gasteiger partial charge in [0.15, 0.2) is 0 Å². The Balaban J connectivity index is 1.57. The van der Waals surface area contributed by atoms with Gasteiger partial charge in [0, 0.05) is 50.9 Å². The molecule has 6 nitrogen and oxygen atoms in total. The second-order valence-corrected chi connectivity index (χ2v) is 8.22. The minimum atomic E-state index is -0.424. The number of nitrogens with zero attached hydrogens (tertiary/aromatic N) is 3. The first kappa shape index (κ1) is 19.7. The van der Waals surface area contributed by atoms with Gasteiger partial charge in [-0.25, -0.2) is 0 Å². The number of hydrogen-bond donors (Lipinski definition) is 0. The second-order valence-electron chi connectivity index (χ2n) is 8.22. The second kappa shape index (κ2) is 8.03. The van der Waals surface area contributed by atoms with Crippen LogP contribution in [0.5, 0.6) is 5.75 Å². The minimum Gasteiger partial charge on any atom is -0.497 e. The van der Waals surface area contributed by atoms with Gasteiger partial charge in [-0.2, -0.15) is 0 Å². The van der Waals surface area contributed by atoms with E-state index in [0.29, 0.717) is 26.1 Å². The summed E-state index contributed by atoms with van der Waals surface area (Å²) in [4.78, 5) is 22.2. The van der Waals surface area contributed by atoms with Crippen LogP contribution in [-0.2, 0) is 16.0 Å². The number of hydrogen-bond acceptors (Lipinski definition) is 5. The van der Waals surface area contributed by atoms with Crippen molar-refractivity contribution in [3.05, 3.63) is 53.9 Å². The average Bonchev–Trinajstić information content (AvgIpc) is 3.19. The highest BCUT2D eigenvalue weighted by molar-refractivity contribution is 5.87. The van der Waals surface area contributed by atoms with Gasteiger partial charge in [0.2, 0.25) is 5.91 Å². The van der Waals surface area contributed by atoms with Gasteiger partial charge in [0.05, 0.1) is 18.6 Å². The Hall–Kier alpha value is -2.60. The predicted octanol–water partition coefficient (Wildman–Crippen LogP) is 2.70. The molecule has 0 radical (unpaired) electrons. The lowest BCUT2D eigenvalue weighted by atomic mass is 9.73. The van der Waals surface area contributed by atoms with Crippen LogP contribution >= 0.6 is 0 Å². The number of rotatable bonds is 6. The molecule has 154 valence electrons. The highest BCUT2D eigenvalue weighted by Gasteiger charge is 2.51. The largest absolute Gasteiger partial charge is 0.497 e. The summed E-state index contributed by atoms with van der Waals surface area (Å²) in [5.74, 6) is 1.06. The summed E-state index contributed by atoms with van der Waals surface area (Å²) < 4.78 is 10.9. The fourth-order valence-electron chi connectivity index (χ4n) is 4.53. The molecule has 2 aliphatic heterocycles. The molecular formula is C23H29N3O3. The Morgan fingerprint density at radius 1 is 1.24 bits per heavy atom. The summed E-state index contributed by atoms with van der Waals surface area (Å²) in [7, 11) is 3.40. The molecule has 0 spiro atoms. The van der Waals surface area contributed by atoms with Crippen molar-refractivity contribution in [1.82, 2.24) is 9.88 Å². The number of methoxy groups -OCH3 is 2. The number of likely N-dealkylation sites (tertiary alicyclic amines) is 1. The Labute approximate surface area is 172 Å². The van der Waals surface area contributed by atoms with E-state index in [1.54, 1.807) is 14.2 Å². The van der Waals surface area contributed by atoms with Gasteiger partial charge in [-0.15, -0.1) is 0 Å². The van der Waals surface area contributed by atoms with E-state index in [-0.39, 0.29) is 12.0 Å². The van der Waals surface area contributed by atoms with Crippen molar-refractivity contribution < 1.29 is 14.3 Å². The topological polar surface area (TPSA) is 54.9 Å². The van der Waals surface area contributed by atoms with E-state index in [1.807, 2.05) is 42.3 Å². The molecule has 0 saturated carbocycles. The van der Waals surface area contributed by atoms with E-state index >= 15 is 0 Å². The third-order valence-corrected chi connectivity index (χ3v) is 6.13. The molecule has 3 heterocycles. The monoisotopic (exact) mass is 395 g/mol. The van der Waals surface area contributed by atoms with Crippen LogP contribution in [0.25, 0.3) is 0 Å². The van der Waals surface area contributed by atoms with E-state index in [4.69, 9.17) is 9.47 Å². The van der Waals surface area contributed by atoms with Crippen molar-refractivity contribution in [3.8, 4) is 5.75 Å². The smallest absolute Gasteiger partial charge is 0.232 e. The van der Waals surface area contributed by atoms with Gasteiger partial charge >= 0.3 is 0 Å². The Morgan fingerprint density at radius 3 is 2.76 bits per heavy atom. The van der Waals surface area contributed by atoms with Crippen molar-refractivity contribution in [1.29, 1.82) is 0 Å². The number of aryl methyl sites for hydroxylation is 1. The van der Waals surface area contributed by atoms with E-state index < -0.39 is 5.41 Å². The fourth-order valence-corrected chi connectivity index (χ4v) is 4.53. The standard InChI is InChI=1S/C23H29N3O3/c1-17-11-19(7-9-24-17)26-15-23(16-26,13-18-5-4-6-20(12-18)28-2)22(27)25-10-8-21(14-25)29-3/h4-7,9,11-12,21H,8,10,13-16H2,1-3H3. The number of anilines is 1. The normalized spacial score (nSPS) is 20.4. The Kier molecular flexibility index (Phi) is 5.46. The van der Waals surface area contributed by atoms with E-state index in [9.17, 15) is 4.79 Å². The Morgan fingerprint density at radius 2 is 2.07 bits per heavy atom. The molecule has 4 rings (SSSR count). The van der Waals surface area contributed by atoms with Gasteiger partial charge in [0.1, 0.15) is 5.75 Å². The number of carbonyl (C=O) groups is 1. The number of ether oxygens (including phenoxy) is 2. The van der Waals surface area contributed by atoms with Gasteiger partial charge < -0.3 is 19.3 Å². The molecule has 2 fully saturated rings. The highest BCUT2D eigenvalue weighted by atomic mass is 16.5. The minimum absolute atomic E-state index is 0.145. The van der Waals surface area contributed by atoms with Crippen LogP contribution in [0, 0.1) is 12.3 Å². The molecule has 1 atom stereocenters. The Bertz CT molecular complexity index is 879. The quantitative estimate of drug-likeness (QED) is 0.753. The molecule has 1 aromatic carbocycles. The van der Waals surface area contributed by atoms with Crippen molar-refractivity contribution in [2.45, 2.75) is 25.9 Å². The first-order valence-corrected chi connectivity index (χ1v) is 10.2. The lowest BCUT2D eigenvalue weighted by Gasteiger charge is -2.51. The van der Waals surface area contributed by atoms with Crippen LogP contribution in [0.2, 0.25) is 0 Å². The first-order valence-electron chi connectivity index (χ1n) is 10.2. The maximum Gasteiger partial charge on any atom is 0.232 e. The van der Waals surface area contributed by atoms with Crippen molar-refractivity contribution in [2.24, 2.45) is 5.41 Å². The molecule has 6 heteroatoms. The first-order chi connectivity index (χ1) is 14.0. The molecule has 2 saturated heterocycles. The van der Waals surface area contributed by atoms with Crippen molar-refractivity contribution in [2.75, 3.05) is 45.3 Å². The van der Waals surface area contributed by atoms with Crippen molar-refractivity contribution >= 4 is 11.6 Å². The maximum absolute atomic E-state index is 13.6. The number of carbonyl (C=O) groups excluding carboxylic acids is 1. The molecular weight excluding hydrogens is 366 g/mol. The van der Waals surface area contributed by atoms with Crippen LogP contribution in [0.4, 0.5) is 5.69 Å². The van der Waals surface area contributed by atoms with Gasteiger partial charge in [0.25, 0.3) is 0 Å². The summed E-state index contributed by atoms with van der Waals surface area (Å²) in [6.45, 7) is 4.86. The molecule has 0 N–H and O–H groups in total. The van der Waals surface area contributed by atoms with Crippen LogP contribution in [0.3, 0.4) is 0 Å². The molecule has 1 aromatic heterocycles. The SMILES string of the molecule is COc1cccc(CC2(C(=O)N3CCC(OC)C3)CN(c3ccnc(C)c3)C2)c1. The van der Waals surface area contributed by atoms with Gasteiger partial charge in [-0.1, -0.05) is 12.1 Å². The van der Waals surface area contributed by atoms with Gasteiger partial charge in [-0.05, 0) is 49.6 Å². The molecule has 2 aromatic rings. The third-order valence-electron chi connectivity index (χ3n) is 6.13. The number of aromatic nitrogens is 1. The molecule has 1 amide bonds. The third kappa shape index (κ3) is 3.94. The molecule has 29 heavy (non-hydrogen) atoms. The lowest BCUT2D eigenvalue weighted by molar-refractivity contribution is -0.143. The lowest BCUT2D eigenvalue weighted by Crippen LogP contribution is -2.65. The summed E-state index contributed by atoms with van der Waals surface area (Å²) in [6, 6.07) is 12.1. The van der Waals surface area contributed by atoms with Crippen molar-refractivity contribution in [3.63, 3.8) is 0 Å². The molecule has 1 unspecified atom stereocenters. The molecule has 0 aliphatic carbocycles. The zero-order valence-corrected chi connectivity index (χ0v) is 17.4. The zero-order valence-electron chi connectivity index (χ0n) is 17.4. The van der Waals surface area contributed by atoms with Crippen LogP contribution in [0.1, 0.15) is 17.7 Å². The number of pyridine rings is 1. The maximum atomic E-state index is 13.6. The van der Waals surface area contributed by atoms with Gasteiger partial charge in [-0.3, -0.25) is 9.78 Å². The highest BCUT2D eigenvalue weighted by Crippen LogP contribution is 2.40. The fraction of sp³-hybridized carbons (Fsp3) is 0.478. The van der Waals surface area contributed by atoms with Crippen LogP contribution < -0.4 is 9.64 Å². The number of amides is 1. The zero-order chi connectivity index (χ0) is 20.4.